The SMILES string of the molecule is CC1CCCC(C)N1NC(=O)C1C=CC(N)C1. The number of nitrogens with two attached hydrogens (primary N) is 1. The van der Waals surface area contributed by atoms with Gasteiger partial charge in [0.2, 0.25) is 5.91 Å². The first kappa shape index (κ1) is 12.6. The summed E-state index contributed by atoms with van der Waals surface area (Å²) in [7, 11) is 0. The van der Waals surface area contributed by atoms with Crippen molar-refractivity contribution in [3.8, 4) is 0 Å². The lowest BCUT2D eigenvalue weighted by Crippen LogP contribution is -2.55. The van der Waals surface area contributed by atoms with Gasteiger partial charge in [-0.05, 0) is 33.1 Å². The Balaban J connectivity index is 1.91. The van der Waals surface area contributed by atoms with E-state index in [1.54, 1.807) is 0 Å². The molecule has 0 aromatic rings. The molecule has 96 valence electrons. The first-order valence-electron chi connectivity index (χ1n) is 6.60. The zero-order chi connectivity index (χ0) is 12.4. The van der Waals surface area contributed by atoms with Crippen LogP contribution in [-0.4, -0.2) is 29.0 Å². The zero-order valence-corrected chi connectivity index (χ0v) is 10.7. The van der Waals surface area contributed by atoms with Gasteiger partial charge in [-0.2, -0.15) is 0 Å². The van der Waals surface area contributed by atoms with Crippen molar-refractivity contribution in [2.45, 2.75) is 57.7 Å². The van der Waals surface area contributed by atoms with E-state index >= 15 is 0 Å². The summed E-state index contributed by atoms with van der Waals surface area (Å²) in [6.45, 7) is 4.35. The summed E-state index contributed by atoms with van der Waals surface area (Å²) in [6.07, 6.45) is 8.16. The molecule has 1 aliphatic carbocycles. The molecule has 0 spiro atoms. The number of hydrazine groups is 1. The largest absolute Gasteiger partial charge is 0.324 e. The average molecular weight is 237 g/mol. The Kier molecular flexibility index (Phi) is 3.84. The number of nitrogens with zero attached hydrogens (tertiary/aromatic N) is 1. The monoisotopic (exact) mass is 237 g/mol. The Morgan fingerprint density at radius 2 is 1.94 bits per heavy atom. The van der Waals surface area contributed by atoms with Crippen LogP contribution in [0.5, 0.6) is 0 Å². The molecule has 3 N–H and O–H groups in total. The second-order valence-corrected chi connectivity index (χ2v) is 5.40. The fraction of sp³-hybridized carbons (Fsp3) is 0.769. The van der Waals surface area contributed by atoms with Crippen LogP contribution in [0.25, 0.3) is 0 Å². The maximum atomic E-state index is 12.1. The van der Waals surface area contributed by atoms with E-state index in [0.717, 1.165) is 19.3 Å². The Morgan fingerprint density at radius 1 is 1.29 bits per heavy atom. The van der Waals surface area contributed by atoms with Crippen LogP contribution in [0.4, 0.5) is 0 Å². The lowest BCUT2D eigenvalue weighted by atomic mass is 9.99. The van der Waals surface area contributed by atoms with Crippen molar-refractivity contribution in [2.24, 2.45) is 11.7 Å². The van der Waals surface area contributed by atoms with Crippen LogP contribution < -0.4 is 11.2 Å². The summed E-state index contributed by atoms with van der Waals surface area (Å²) < 4.78 is 0. The highest BCUT2D eigenvalue weighted by molar-refractivity contribution is 5.80. The van der Waals surface area contributed by atoms with Gasteiger partial charge >= 0.3 is 0 Å². The molecule has 1 heterocycles. The van der Waals surface area contributed by atoms with Crippen LogP contribution in [0.2, 0.25) is 0 Å². The van der Waals surface area contributed by atoms with Gasteiger partial charge in [-0.15, -0.1) is 0 Å². The molecule has 0 bridgehead atoms. The number of carbonyl (C=O) groups is 1. The highest BCUT2D eigenvalue weighted by Gasteiger charge is 2.29. The lowest BCUT2D eigenvalue weighted by molar-refractivity contribution is -0.132. The van der Waals surface area contributed by atoms with Crippen LogP contribution in [0.1, 0.15) is 39.5 Å². The minimum atomic E-state index is -0.0497. The lowest BCUT2D eigenvalue weighted by Gasteiger charge is -2.39. The summed E-state index contributed by atoms with van der Waals surface area (Å²) in [5, 5.41) is 2.11. The van der Waals surface area contributed by atoms with Crippen molar-refractivity contribution in [3.63, 3.8) is 0 Å². The topological polar surface area (TPSA) is 58.4 Å². The van der Waals surface area contributed by atoms with Crippen molar-refractivity contribution in [3.05, 3.63) is 12.2 Å². The standard InChI is InChI=1S/C13H23N3O/c1-9-4-3-5-10(2)16(9)15-13(17)11-6-7-12(14)8-11/h6-7,9-12H,3-5,8,14H2,1-2H3,(H,15,17). The molecule has 1 amide bonds. The summed E-state index contributed by atoms with van der Waals surface area (Å²) >= 11 is 0. The average Bonchev–Trinajstić information content (AvgIpc) is 2.70. The predicted molar refractivity (Wildman–Crippen MR) is 68.0 cm³/mol. The maximum Gasteiger partial charge on any atom is 0.241 e. The van der Waals surface area contributed by atoms with E-state index in [-0.39, 0.29) is 17.9 Å². The molecule has 2 rings (SSSR count). The number of hydrogen-bond donors (Lipinski definition) is 2. The van der Waals surface area contributed by atoms with Gasteiger partial charge in [0.05, 0.1) is 5.92 Å². The van der Waals surface area contributed by atoms with Crippen molar-refractivity contribution in [1.29, 1.82) is 0 Å². The molecule has 1 fully saturated rings. The summed E-state index contributed by atoms with van der Waals surface area (Å²) in [6, 6.07) is 0.908. The summed E-state index contributed by atoms with van der Waals surface area (Å²) in [4.78, 5) is 12.1. The molecule has 0 saturated carbocycles. The molecule has 0 aromatic heterocycles. The van der Waals surface area contributed by atoms with Crippen LogP contribution in [0.3, 0.4) is 0 Å². The van der Waals surface area contributed by atoms with Gasteiger partial charge in [0, 0.05) is 18.1 Å². The smallest absolute Gasteiger partial charge is 0.241 e. The fourth-order valence-electron chi connectivity index (χ4n) is 2.77. The number of piperidine rings is 1. The van der Waals surface area contributed by atoms with E-state index in [1.807, 2.05) is 12.2 Å². The predicted octanol–water partition coefficient (Wildman–Crippen LogP) is 1.18. The maximum absolute atomic E-state index is 12.1. The van der Waals surface area contributed by atoms with Gasteiger partial charge in [0.1, 0.15) is 0 Å². The van der Waals surface area contributed by atoms with E-state index in [2.05, 4.69) is 24.3 Å². The molecule has 4 nitrogen and oxygen atoms in total. The van der Waals surface area contributed by atoms with Crippen LogP contribution in [0.15, 0.2) is 12.2 Å². The van der Waals surface area contributed by atoms with E-state index in [9.17, 15) is 4.79 Å². The molecule has 0 radical (unpaired) electrons. The van der Waals surface area contributed by atoms with Gasteiger partial charge in [0.15, 0.2) is 0 Å². The van der Waals surface area contributed by atoms with Crippen molar-refractivity contribution >= 4 is 5.91 Å². The molecule has 0 aromatic carbocycles. The molecule has 17 heavy (non-hydrogen) atoms. The Hall–Kier alpha value is -0.870. The molecular weight excluding hydrogens is 214 g/mol. The highest BCUT2D eigenvalue weighted by atomic mass is 16.2. The zero-order valence-electron chi connectivity index (χ0n) is 10.7. The number of rotatable bonds is 2. The van der Waals surface area contributed by atoms with E-state index in [4.69, 9.17) is 5.73 Å². The summed E-state index contributed by atoms with van der Waals surface area (Å²) in [5.74, 6) is 0.0427. The van der Waals surface area contributed by atoms with Crippen LogP contribution in [0, 0.1) is 5.92 Å². The highest BCUT2D eigenvalue weighted by Crippen LogP contribution is 2.22. The molecule has 4 unspecified atom stereocenters. The fourth-order valence-corrected chi connectivity index (χ4v) is 2.77. The third-order valence-electron chi connectivity index (χ3n) is 3.89. The second kappa shape index (κ2) is 5.19. The Bertz CT molecular complexity index is 306. The minimum absolute atomic E-state index is 0.0435. The molecule has 1 saturated heterocycles. The van der Waals surface area contributed by atoms with Gasteiger partial charge in [-0.1, -0.05) is 18.6 Å². The second-order valence-electron chi connectivity index (χ2n) is 5.40. The number of nitrogens with one attached hydrogen (secondary N) is 1. The quantitative estimate of drug-likeness (QED) is 0.709. The number of amides is 1. The molecule has 4 atom stereocenters. The van der Waals surface area contributed by atoms with Gasteiger partial charge in [-0.25, -0.2) is 5.01 Å². The first-order chi connectivity index (χ1) is 8.08. The molecule has 2 aliphatic rings. The van der Waals surface area contributed by atoms with E-state index in [1.165, 1.54) is 6.42 Å². The molecule has 4 heteroatoms. The van der Waals surface area contributed by atoms with Crippen LogP contribution in [-0.2, 0) is 4.79 Å². The van der Waals surface area contributed by atoms with Crippen molar-refractivity contribution in [1.82, 2.24) is 10.4 Å². The Morgan fingerprint density at radius 3 is 2.47 bits per heavy atom. The van der Waals surface area contributed by atoms with Crippen LogP contribution >= 0.6 is 0 Å². The van der Waals surface area contributed by atoms with Gasteiger partial charge in [-0.3, -0.25) is 10.2 Å². The third-order valence-corrected chi connectivity index (χ3v) is 3.89. The normalized spacial score (nSPS) is 38.3. The van der Waals surface area contributed by atoms with Gasteiger partial charge < -0.3 is 5.73 Å². The third kappa shape index (κ3) is 2.87. The molecule has 1 aliphatic heterocycles. The van der Waals surface area contributed by atoms with Crippen molar-refractivity contribution in [2.75, 3.05) is 0 Å². The van der Waals surface area contributed by atoms with Crippen molar-refractivity contribution < 1.29 is 4.79 Å². The minimum Gasteiger partial charge on any atom is -0.324 e. The van der Waals surface area contributed by atoms with Gasteiger partial charge in [0.25, 0.3) is 0 Å². The summed E-state index contributed by atoms with van der Waals surface area (Å²) in [5.41, 5.74) is 8.84. The number of hydrogen-bond acceptors (Lipinski definition) is 3. The number of carbonyl (C=O) groups excluding carboxylic acids is 1. The van der Waals surface area contributed by atoms with E-state index < -0.39 is 0 Å². The molecular formula is C13H23N3O. The Labute approximate surface area is 103 Å². The van der Waals surface area contributed by atoms with E-state index in [0.29, 0.717) is 12.1 Å². The first-order valence-corrected chi connectivity index (χ1v) is 6.60.